The van der Waals surface area contributed by atoms with Gasteiger partial charge in [-0.25, -0.2) is 9.78 Å². The predicted molar refractivity (Wildman–Crippen MR) is 75.5 cm³/mol. The van der Waals surface area contributed by atoms with Gasteiger partial charge in [0.05, 0.1) is 0 Å². The highest BCUT2D eigenvalue weighted by Crippen LogP contribution is 2.23. The van der Waals surface area contributed by atoms with Crippen molar-refractivity contribution in [2.24, 2.45) is 0 Å². The van der Waals surface area contributed by atoms with Crippen molar-refractivity contribution in [1.29, 1.82) is 0 Å². The van der Waals surface area contributed by atoms with Crippen molar-refractivity contribution in [3.05, 3.63) is 0 Å². The lowest BCUT2D eigenvalue weighted by atomic mass is 10.0. The topological polar surface area (TPSA) is 27.7 Å². The molecule has 0 unspecified atom stereocenters. The maximum absolute atomic E-state index is 5.74. The SMILES string of the molecule is C1CCCCCCC[C@H]2OO[C@H](CCCCCC1)O2. The smallest absolute Gasteiger partial charge is 0.194 e. The van der Waals surface area contributed by atoms with E-state index in [0.29, 0.717) is 0 Å². The third kappa shape index (κ3) is 6.73. The van der Waals surface area contributed by atoms with Gasteiger partial charge in [0.1, 0.15) is 0 Å². The number of rotatable bonds is 0. The molecule has 0 spiro atoms. The Bertz CT molecular complexity index is 198. The summed E-state index contributed by atoms with van der Waals surface area (Å²) in [6, 6.07) is 0. The summed E-state index contributed by atoms with van der Waals surface area (Å²) in [6.45, 7) is 0. The molecular formula is C16H30O3. The number of hydrogen-bond acceptors (Lipinski definition) is 3. The average Bonchev–Trinajstić information content (AvgIpc) is 2.86. The van der Waals surface area contributed by atoms with Gasteiger partial charge in [-0.3, -0.25) is 0 Å². The first-order valence-corrected chi connectivity index (χ1v) is 8.43. The Labute approximate surface area is 117 Å². The van der Waals surface area contributed by atoms with Crippen LogP contribution < -0.4 is 0 Å². The summed E-state index contributed by atoms with van der Waals surface area (Å²) in [6.07, 6.45) is 17.9. The van der Waals surface area contributed by atoms with Gasteiger partial charge in [-0.2, -0.15) is 0 Å². The summed E-state index contributed by atoms with van der Waals surface area (Å²) in [5.41, 5.74) is 0. The van der Waals surface area contributed by atoms with Gasteiger partial charge in [-0.05, 0) is 12.8 Å². The molecule has 2 fully saturated rings. The van der Waals surface area contributed by atoms with Crippen molar-refractivity contribution in [2.75, 3.05) is 0 Å². The molecule has 2 bridgehead atoms. The molecule has 2 aliphatic heterocycles. The Hall–Kier alpha value is -0.120. The maximum Gasteiger partial charge on any atom is 0.194 e. The summed E-state index contributed by atoms with van der Waals surface area (Å²) < 4.78 is 5.74. The first kappa shape index (κ1) is 15.3. The van der Waals surface area contributed by atoms with Gasteiger partial charge >= 0.3 is 0 Å². The van der Waals surface area contributed by atoms with Crippen LogP contribution in [0.2, 0.25) is 0 Å². The van der Waals surface area contributed by atoms with E-state index in [9.17, 15) is 0 Å². The van der Waals surface area contributed by atoms with E-state index >= 15 is 0 Å². The molecule has 0 aromatic heterocycles. The van der Waals surface area contributed by atoms with Crippen LogP contribution in [-0.4, -0.2) is 12.6 Å². The van der Waals surface area contributed by atoms with Crippen LogP contribution in [0.5, 0.6) is 0 Å². The molecule has 2 aliphatic rings. The lowest BCUT2D eigenvalue weighted by Crippen LogP contribution is -2.11. The summed E-state index contributed by atoms with van der Waals surface area (Å²) in [5, 5.41) is 0. The lowest BCUT2D eigenvalue weighted by Gasteiger charge is -2.08. The Morgan fingerprint density at radius 1 is 0.421 bits per heavy atom. The molecule has 19 heavy (non-hydrogen) atoms. The zero-order valence-electron chi connectivity index (χ0n) is 12.3. The van der Waals surface area contributed by atoms with E-state index in [-0.39, 0.29) is 12.6 Å². The normalized spacial score (nSPS) is 32.8. The van der Waals surface area contributed by atoms with Gasteiger partial charge < -0.3 is 4.74 Å². The van der Waals surface area contributed by atoms with Crippen LogP contribution in [-0.2, 0) is 14.5 Å². The second kappa shape index (κ2) is 9.73. The molecule has 0 aromatic rings. The first-order chi connectivity index (χ1) is 9.45. The molecule has 3 heteroatoms. The van der Waals surface area contributed by atoms with Gasteiger partial charge in [-0.15, -0.1) is 0 Å². The monoisotopic (exact) mass is 270 g/mol. The minimum Gasteiger partial charge on any atom is -0.318 e. The Morgan fingerprint density at radius 3 is 1.11 bits per heavy atom. The van der Waals surface area contributed by atoms with Crippen LogP contribution in [0.3, 0.4) is 0 Å². The molecule has 0 N–H and O–H groups in total. The Morgan fingerprint density at radius 2 is 0.737 bits per heavy atom. The van der Waals surface area contributed by atoms with Crippen LogP contribution in [0, 0.1) is 0 Å². The minimum atomic E-state index is -0.110. The van der Waals surface area contributed by atoms with Crippen LogP contribution >= 0.6 is 0 Å². The summed E-state index contributed by atoms with van der Waals surface area (Å²) in [5.74, 6) is 0. The second-order valence-electron chi connectivity index (χ2n) is 6.01. The fourth-order valence-electron chi connectivity index (χ4n) is 2.96. The van der Waals surface area contributed by atoms with E-state index in [4.69, 9.17) is 14.5 Å². The zero-order valence-corrected chi connectivity index (χ0v) is 12.3. The van der Waals surface area contributed by atoms with E-state index in [1.54, 1.807) is 0 Å². The predicted octanol–water partition coefficient (Wildman–Crippen LogP) is 5.09. The Balaban J connectivity index is 1.64. The fraction of sp³-hybridized carbons (Fsp3) is 1.00. The van der Waals surface area contributed by atoms with Gasteiger partial charge in [-0.1, -0.05) is 64.2 Å². The zero-order chi connectivity index (χ0) is 13.2. The quantitative estimate of drug-likeness (QED) is 0.574. The van der Waals surface area contributed by atoms with E-state index < -0.39 is 0 Å². The molecular weight excluding hydrogens is 240 g/mol. The molecule has 0 saturated carbocycles. The Kier molecular flexibility index (Phi) is 7.82. The molecule has 2 atom stereocenters. The molecule has 112 valence electrons. The minimum absolute atomic E-state index is 0.110. The van der Waals surface area contributed by atoms with Crippen molar-refractivity contribution < 1.29 is 14.5 Å². The molecule has 2 saturated heterocycles. The van der Waals surface area contributed by atoms with Crippen molar-refractivity contribution >= 4 is 0 Å². The molecule has 0 radical (unpaired) electrons. The third-order valence-electron chi connectivity index (χ3n) is 4.20. The highest BCUT2D eigenvalue weighted by Gasteiger charge is 2.26. The van der Waals surface area contributed by atoms with Crippen molar-refractivity contribution in [3.63, 3.8) is 0 Å². The third-order valence-corrected chi connectivity index (χ3v) is 4.20. The standard InChI is InChI=1S/C16H30O3/c1-2-4-6-8-10-12-14-16-17-15(18-19-16)13-11-9-7-5-3-1/h15-16H,1-14H2/t15-,16-/m1/s1. The molecule has 3 nitrogen and oxygen atoms in total. The van der Waals surface area contributed by atoms with E-state index in [2.05, 4.69) is 0 Å². The van der Waals surface area contributed by atoms with Crippen molar-refractivity contribution in [2.45, 2.75) is 102 Å². The molecule has 2 heterocycles. The second-order valence-corrected chi connectivity index (χ2v) is 6.01. The number of fused-ring (bicyclic) bond motifs is 2. The van der Waals surface area contributed by atoms with E-state index in [0.717, 1.165) is 12.8 Å². The summed E-state index contributed by atoms with van der Waals surface area (Å²) in [7, 11) is 0. The van der Waals surface area contributed by atoms with Gasteiger partial charge in [0.2, 0.25) is 0 Å². The average molecular weight is 270 g/mol. The maximum atomic E-state index is 5.74. The highest BCUT2D eigenvalue weighted by atomic mass is 17.3. The van der Waals surface area contributed by atoms with Crippen LogP contribution in [0.4, 0.5) is 0 Å². The molecule has 2 rings (SSSR count). The summed E-state index contributed by atoms with van der Waals surface area (Å²) in [4.78, 5) is 10.5. The fourth-order valence-corrected chi connectivity index (χ4v) is 2.96. The van der Waals surface area contributed by atoms with Gasteiger partial charge in [0.25, 0.3) is 0 Å². The molecule has 0 aromatic carbocycles. The van der Waals surface area contributed by atoms with Gasteiger partial charge in [0.15, 0.2) is 12.6 Å². The van der Waals surface area contributed by atoms with Crippen LogP contribution in [0.15, 0.2) is 0 Å². The highest BCUT2D eigenvalue weighted by molar-refractivity contribution is 4.56. The summed E-state index contributed by atoms with van der Waals surface area (Å²) >= 11 is 0. The van der Waals surface area contributed by atoms with Crippen molar-refractivity contribution in [3.8, 4) is 0 Å². The first-order valence-electron chi connectivity index (χ1n) is 8.43. The largest absolute Gasteiger partial charge is 0.318 e. The molecule has 0 aliphatic carbocycles. The van der Waals surface area contributed by atoms with Crippen LogP contribution in [0.1, 0.15) is 89.9 Å². The number of hydrogen-bond donors (Lipinski definition) is 0. The van der Waals surface area contributed by atoms with Crippen LogP contribution in [0.25, 0.3) is 0 Å². The van der Waals surface area contributed by atoms with Gasteiger partial charge in [0, 0.05) is 12.8 Å². The van der Waals surface area contributed by atoms with E-state index in [1.807, 2.05) is 0 Å². The molecule has 0 amide bonds. The number of ether oxygens (including phenoxy) is 1. The lowest BCUT2D eigenvalue weighted by molar-refractivity contribution is -0.298. The van der Waals surface area contributed by atoms with E-state index in [1.165, 1.54) is 77.0 Å². The van der Waals surface area contributed by atoms with Crippen molar-refractivity contribution in [1.82, 2.24) is 0 Å².